The number of aromatic amines is 1. The number of likely N-dealkylation sites (tertiary alicyclic amines) is 1. The number of alkyl halides is 5. The molecule has 2 aromatic carbocycles. The van der Waals surface area contributed by atoms with Crippen molar-refractivity contribution >= 4 is 55.3 Å². The van der Waals surface area contributed by atoms with Gasteiger partial charge in [-0.2, -0.15) is 23.4 Å². The molecule has 0 bridgehead atoms. The van der Waals surface area contributed by atoms with E-state index in [4.69, 9.17) is 9.47 Å². The van der Waals surface area contributed by atoms with Crippen LogP contribution >= 0.6 is 11.3 Å². The molecule has 3 fully saturated rings. The van der Waals surface area contributed by atoms with Gasteiger partial charge in [0.2, 0.25) is 0 Å². The zero-order chi connectivity index (χ0) is 46.3. The number of nitrogens with one attached hydrogen (secondary N) is 2. The Kier molecular flexibility index (Phi) is 13.9. The minimum Gasteiger partial charge on any atom is -0.444 e. The summed E-state index contributed by atoms with van der Waals surface area (Å²) in [5.74, 6) is -1.13. The Morgan fingerprint density at radius 3 is 2.29 bits per heavy atom. The number of anilines is 2. The molecule has 4 atom stereocenters. The molecule has 2 amide bonds. The van der Waals surface area contributed by atoms with Gasteiger partial charge in [-0.15, -0.1) is 11.3 Å². The van der Waals surface area contributed by atoms with E-state index >= 15 is 8.78 Å². The molecular formula is C43H53F6N7O5S. The van der Waals surface area contributed by atoms with Gasteiger partial charge in [-0.05, 0) is 104 Å². The molecule has 2 aromatic heterocycles. The number of hydrogen-bond acceptors (Lipinski definition) is 10. The minimum atomic E-state index is -5.03. The van der Waals surface area contributed by atoms with Crippen LogP contribution in [0.4, 0.5) is 46.8 Å². The molecule has 12 nitrogen and oxygen atoms in total. The van der Waals surface area contributed by atoms with Gasteiger partial charge in [0.05, 0.1) is 33.9 Å². The number of amides is 2. The molecule has 0 saturated carbocycles. The van der Waals surface area contributed by atoms with Crippen LogP contribution in [0.1, 0.15) is 92.7 Å². The maximum Gasteiger partial charge on any atom is 0.417 e. The third-order valence-corrected chi connectivity index (χ3v) is 11.8. The van der Waals surface area contributed by atoms with Gasteiger partial charge in [0.1, 0.15) is 46.3 Å². The van der Waals surface area contributed by atoms with Crippen molar-refractivity contribution in [1.29, 1.82) is 5.26 Å². The van der Waals surface area contributed by atoms with Gasteiger partial charge < -0.3 is 24.3 Å². The average molecular weight is 894 g/mol. The summed E-state index contributed by atoms with van der Waals surface area (Å²) in [7, 11) is 1.35. The van der Waals surface area contributed by atoms with Crippen LogP contribution in [0.5, 0.6) is 0 Å². The second-order valence-electron chi connectivity index (χ2n) is 17.6. The number of H-pyrrole nitrogens is 1. The van der Waals surface area contributed by atoms with E-state index in [1.807, 2.05) is 19.9 Å². The first-order valence-corrected chi connectivity index (χ1v) is 21.1. The predicted molar refractivity (Wildman–Crippen MR) is 228 cm³/mol. The highest BCUT2D eigenvalue weighted by molar-refractivity contribution is 7.23. The van der Waals surface area contributed by atoms with E-state index in [9.17, 15) is 37.2 Å². The van der Waals surface area contributed by atoms with E-state index in [-0.39, 0.29) is 61.6 Å². The minimum absolute atomic E-state index is 0.120. The Morgan fingerprint density at radius 2 is 1.69 bits per heavy atom. The molecule has 0 radical (unpaired) electrons. The summed E-state index contributed by atoms with van der Waals surface area (Å²) in [6.07, 6.45) is -5.74. The molecule has 19 heteroatoms. The highest BCUT2D eigenvalue weighted by Crippen LogP contribution is 2.47. The molecule has 7 rings (SSSR count). The highest BCUT2D eigenvalue weighted by atomic mass is 32.1. The van der Waals surface area contributed by atoms with Crippen LogP contribution in [0, 0.1) is 17.1 Å². The molecule has 5 heterocycles. The summed E-state index contributed by atoms with van der Waals surface area (Å²) >= 11 is 0.646. The van der Waals surface area contributed by atoms with Crippen LogP contribution in [-0.4, -0.2) is 100 Å². The van der Waals surface area contributed by atoms with E-state index in [0.717, 1.165) is 42.1 Å². The second-order valence-corrected chi connectivity index (χ2v) is 18.6. The van der Waals surface area contributed by atoms with Crippen LogP contribution in [-0.2, 0) is 15.7 Å². The van der Waals surface area contributed by atoms with Gasteiger partial charge in [0.25, 0.3) is 0 Å². The number of carbonyl (C=O) groups excluding carboxylic acids is 2. The summed E-state index contributed by atoms with van der Waals surface area (Å²) in [6.45, 7) is 17.2. The van der Waals surface area contributed by atoms with Crippen LogP contribution in [0.3, 0.4) is 0 Å². The Bertz CT molecular complexity index is 2420. The van der Waals surface area contributed by atoms with Crippen molar-refractivity contribution in [2.45, 2.75) is 123 Å². The summed E-state index contributed by atoms with van der Waals surface area (Å²) in [5, 5.41) is 11.9. The van der Waals surface area contributed by atoms with Crippen molar-refractivity contribution in [3.63, 3.8) is 0 Å². The zero-order valence-corrected chi connectivity index (χ0v) is 37.3. The van der Waals surface area contributed by atoms with Crippen molar-refractivity contribution in [1.82, 2.24) is 19.8 Å². The number of carbonyl (C=O) groups is 2. The Balaban J connectivity index is 0.000000520. The Labute approximate surface area is 360 Å². The van der Waals surface area contributed by atoms with Crippen molar-refractivity contribution in [2.24, 2.45) is 0 Å². The number of ether oxygens (including phenoxy) is 2. The second kappa shape index (κ2) is 17.9. The standard InChI is InChI=1S/C33H33F5N6O5S.C8H14FN.C2H6/c1-31(2,3)48-29(46)42-27-18(12-39)24-15(8-9-20(34)25(24)50-27)16-11-22-17(10-19(16)33(36,37)38)26(41-28(45)40-22)43(7)23-14-44(13-21(23)35)30(47)49-32(4,5)6;1-8-3-2-4-10(8)6-7(9)5-8;1-2/h8-11,21,23H,13-14H2,1-7H3,(H,42,46)(H,40,41,45);7H,2-6H2,1H3;1-2H3/t;7?,8-;/m.0./s1. The lowest BCUT2D eigenvalue weighted by Gasteiger charge is -2.28. The number of thiophene rings is 1. The van der Waals surface area contributed by atoms with Gasteiger partial charge in [0.15, 0.2) is 0 Å². The molecule has 0 aliphatic carbocycles. The maximum atomic E-state index is 15.4. The van der Waals surface area contributed by atoms with Crippen molar-refractivity contribution < 1.29 is 45.4 Å². The van der Waals surface area contributed by atoms with E-state index in [2.05, 4.69) is 27.1 Å². The smallest absolute Gasteiger partial charge is 0.417 e. The van der Waals surface area contributed by atoms with E-state index in [1.165, 1.54) is 24.8 Å². The Morgan fingerprint density at radius 1 is 1.03 bits per heavy atom. The fourth-order valence-corrected chi connectivity index (χ4v) is 9.12. The third-order valence-electron chi connectivity index (χ3n) is 10.6. The molecule has 3 unspecified atom stereocenters. The van der Waals surface area contributed by atoms with Gasteiger partial charge in [0, 0.05) is 36.4 Å². The van der Waals surface area contributed by atoms with Crippen molar-refractivity contribution in [3.05, 3.63) is 51.7 Å². The lowest BCUT2D eigenvalue weighted by Crippen LogP contribution is -2.41. The quantitative estimate of drug-likeness (QED) is 0.191. The summed E-state index contributed by atoms with van der Waals surface area (Å²) in [5.41, 5.74) is -4.86. The topological polar surface area (TPSA) is 144 Å². The number of halogens is 6. The highest BCUT2D eigenvalue weighted by Gasteiger charge is 2.45. The molecule has 3 aliphatic heterocycles. The number of likely N-dealkylation sites (N-methyl/N-ethyl adjacent to an activating group) is 1. The first kappa shape index (κ1) is 48.0. The molecule has 3 saturated heterocycles. The summed E-state index contributed by atoms with van der Waals surface area (Å²) in [6, 6.07) is 4.54. The molecule has 62 heavy (non-hydrogen) atoms. The first-order chi connectivity index (χ1) is 28.8. The van der Waals surface area contributed by atoms with Crippen LogP contribution < -0.4 is 15.9 Å². The third kappa shape index (κ3) is 10.4. The monoisotopic (exact) mass is 893 g/mol. The van der Waals surface area contributed by atoms with Crippen LogP contribution in [0.15, 0.2) is 29.1 Å². The number of nitriles is 1. The molecular weight excluding hydrogens is 841 g/mol. The predicted octanol–water partition coefficient (Wildman–Crippen LogP) is 10.2. The fourth-order valence-electron chi connectivity index (χ4n) is 8.05. The molecule has 4 aromatic rings. The number of fused-ring (bicyclic) bond motifs is 3. The number of hydrogen-bond donors (Lipinski definition) is 2. The van der Waals surface area contributed by atoms with Crippen molar-refractivity contribution in [2.75, 3.05) is 43.4 Å². The Hall–Kier alpha value is -5.09. The number of benzene rings is 2. The van der Waals surface area contributed by atoms with Crippen molar-refractivity contribution in [3.8, 4) is 17.2 Å². The van der Waals surface area contributed by atoms with Gasteiger partial charge in [-0.1, -0.05) is 19.9 Å². The summed E-state index contributed by atoms with van der Waals surface area (Å²) in [4.78, 5) is 48.9. The lowest BCUT2D eigenvalue weighted by molar-refractivity contribution is -0.137. The van der Waals surface area contributed by atoms with E-state index < -0.39 is 70.6 Å². The maximum absolute atomic E-state index is 15.4. The van der Waals surface area contributed by atoms with Gasteiger partial charge >= 0.3 is 24.1 Å². The number of aromatic nitrogens is 2. The van der Waals surface area contributed by atoms with Crippen LogP contribution in [0.2, 0.25) is 0 Å². The number of nitrogens with zero attached hydrogens (tertiary/aromatic N) is 5. The molecule has 2 N–H and O–H groups in total. The largest absolute Gasteiger partial charge is 0.444 e. The zero-order valence-electron chi connectivity index (χ0n) is 36.4. The SMILES string of the molecule is CC.CN(c1nc(=O)[nH]c2cc(-c3ccc(F)c4sc(NC(=O)OC(C)(C)C)c(C#N)c34)c(C(F)(F)F)cc12)C1CN(C(=O)OC(C)(C)C)CC1F.C[C@@]12CCCN1CC(F)C2. The fraction of sp³-hybridized carbons (Fsp3) is 0.558. The summed E-state index contributed by atoms with van der Waals surface area (Å²) < 4.78 is 98.3. The number of rotatable bonds is 4. The molecule has 0 spiro atoms. The van der Waals surface area contributed by atoms with Crippen LogP contribution in [0.25, 0.3) is 32.1 Å². The average Bonchev–Trinajstić information content (AvgIpc) is 3.89. The van der Waals surface area contributed by atoms with E-state index in [1.54, 1.807) is 41.5 Å². The first-order valence-electron chi connectivity index (χ1n) is 20.3. The van der Waals surface area contributed by atoms with Gasteiger partial charge in [-0.3, -0.25) is 10.2 Å². The molecule has 338 valence electrons. The van der Waals surface area contributed by atoms with E-state index in [0.29, 0.717) is 17.9 Å². The molecule has 3 aliphatic rings. The van der Waals surface area contributed by atoms with Gasteiger partial charge in [-0.25, -0.2) is 27.6 Å². The normalized spacial score (nSPS) is 21.4. The lowest BCUT2D eigenvalue weighted by atomic mass is 9.93.